The maximum absolute atomic E-state index is 12.7. The lowest BCUT2D eigenvalue weighted by molar-refractivity contribution is -0.870. The number of esters is 2. The number of nitrogens with zero attached hydrogens (tertiary/aromatic N) is 1. The molecule has 0 fully saturated rings. The van der Waals surface area contributed by atoms with Crippen molar-refractivity contribution in [3.05, 3.63) is 12.2 Å². The molecule has 10 heteroatoms. The monoisotopic (exact) mass is 1030 g/mol. The normalized spacial score (nSPS) is 13.3. The summed E-state index contributed by atoms with van der Waals surface area (Å²) >= 11 is 0. The van der Waals surface area contributed by atoms with Crippen LogP contribution in [0.1, 0.15) is 316 Å². The molecule has 0 aliphatic heterocycles. The number of hydrogen-bond acceptors (Lipinski definition) is 7. The molecule has 0 saturated carbocycles. The number of likely N-dealkylation sites (N-methyl/N-ethyl adjacent to an activating group) is 1. The number of rotatable bonds is 58. The summed E-state index contributed by atoms with van der Waals surface area (Å²) in [6, 6.07) is 0. The summed E-state index contributed by atoms with van der Waals surface area (Å²) in [4.78, 5) is 35.6. The molecule has 0 aromatic carbocycles. The molecule has 0 aliphatic carbocycles. The van der Waals surface area contributed by atoms with Gasteiger partial charge >= 0.3 is 19.8 Å². The zero-order chi connectivity index (χ0) is 52.0. The predicted molar refractivity (Wildman–Crippen MR) is 303 cm³/mol. The van der Waals surface area contributed by atoms with E-state index in [1.165, 1.54) is 231 Å². The van der Waals surface area contributed by atoms with E-state index in [1.54, 1.807) is 0 Å². The SMILES string of the molecule is CCCCCC/C=C\CCCCCCCC(=O)OC(COC(=O)CCCCCCCCCCCCCCCCCCCCCCCCCCCCCCCCCCCC)COP(=O)(O)OCC[N+](C)(C)C. The largest absolute Gasteiger partial charge is 0.472 e. The van der Waals surface area contributed by atoms with Crippen molar-refractivity contribution in [2.24, 2.45) is 0 Å². The van der Waals surface area contributed by atoms with Crippen molar-refractivity contribution in [2.45, 2.75) is 322 Å². The topological polar surface area (TPSA) is 108 Å². The highest BCUT2D eigenvalue weighted by Gasteiger charge is 2.27. The Hall–Kier alpha value is -1.25. The highest BCUT2D eigenvalue weighted by atomic mass is 31.2. The van der Waals surface area contributed by atoms with Crippen LogP contribution in [0.2, 0.25) is 0 Å². The number of unbranched alkanes of at least 4 members (excludes halogenated alkanes) is 42. The molecule has 0 spiro atoms. The van der Waals surface area contributed by atoms with Gasteiger partial charge in [-0.3, -0.25) is 18.6 Å². The number of phosphoric ester groups is 1. The van der Waals surface area contributed by atoms with Crippen molar-refractivity contribution >= 4 is 19.8 Å². The first-order chi connectivity index (χ1) is 34.5. The minimum absolute atomic E-state index is 0.0335. The number of quaternary nitrogens is 1. The summed E-state index contributed by atoms with van der Waals surface area (Å²) in [5, 5.41) is 0. The molecule has 0 aliphatic rings. The summed E-state index contributed by atoms with van der Waals surface area (Å²) < 4.78 is 34.5. The van der Waals surface area contributed by atoms with Gasteiger partial charge in [0.25, 0.3) is 0 Å². The Bertz CT molecular complexity index is 1210. The second-order valence-corrected chi connectivity index (χ2v) is 23.9. The van der Waals surface area contributed by atoms with Crippen LogP contribution in [0.25, 0.3) is 0 Å². The van der Waals surface area contributed by atoms with Gasteiger partial charge in [0.05, 0.1) is 27.7 Å². The van der Waals surface area contributed by atoms with Crippen LogP contribution in [0.5, 0.6) is 0 Å². The molecule has 0 radical (unpaired) electrons. The molecule has 0 aromatic heterocycles. The van der Waals surface area contributed by atoms with Gasteiger partial charge in [-0.2, -0.15) is 0 Å². The molecule has 0 saturated heterocycles. The van der Waals surface area contributed by atoms with Gasteiger partial charge in [0, 0.05) is 12.8 Å². The Labute approximate surface area is 441 Å². The molecule has 0 heterocycles. The Morgan fingerprint density at radius 3 is 1.06 bits per heavy atom. The van der Waals surface area contributed by atoms with Gasteiger partial charge in [0.2, 0.25) is 0 Å². The summed E-state index contributed by atoms with van der Waals surface area (Å²) in [5.41, 5.74) is 0. The van der Waals surface area contributed by atoms with Gasteiger partial charge in [-0.1, -0.05) is 276 Å². The fourth-order valence-electron chi connectivity index (χ4n) is 9.25. The van der Waals surface area contributed by atoms with Gasteiger partial charge < -0.3 is 18.9 Å². The zero-order valence-electron chi connectivity index (χ0n) is 48.0. The number of ether oxygens (including phenoxy) is 2. The third-order valence-electron chi connectivity index (χ3n) is 14.0. The zero-order valence-corrected chi connectivity index (χ0v) is 48.9. The fourth-order valence-corrected chi connectivity index (χ4v) is 9.99. The van der Waals surface area contributed by atoms with E-state index in [1.807, 2.05) is 21.1 Å². The van der Waals surface area contributed by atoms with E-state index in [0.29, 0.717) is 23.9 Å². The van der Waals surface area contributed by atoms with Crippen LogP contribution < -0.4 is 0 Å². The van der Waals surface area contributed by atoms with Gasteiger partial charge in [0.1, 0.15) is 19.8 Å². The second-order valence-electron chi connectivity index (χ2n) is 22.5. The highest BCUT2D eigenvalue weighted by molar-refractivity contribution is 7.47. The van der Waals surface area contributed by atoms with Crippen molar-refractivity contribution < 1.29 is 42.1 Å². The van der Waals surface area contributed by atoms with Crippen LogP contribution >= 0.6 is 7.82 Å². The minimum Gasteiger partial charge on any atom is -0.462 e. The maximum atomic E-state index is 12.7. The number of phosphoric acid groups is 1. The van der Waals surface area contributed by atoms with Crippen molar-refractivity contribution in [1.82, 2.24) is 0 Å². The van der Waals surface area contributed by atoms with E-state index >= 15 is 0 Å². The lowest BCUT2D eigenvalue weighted by atomic mass is 10.0. The average Bonchev–Trinajstić information content (AvgIpc) is 3.33. The minimum atomic E-state index is -4.38. The fraction of sp³-hybridized carbons (Fsp3) is 0.934. The quantitative estimate of drug-likeness (QED) is 0.0211. The molecule has 422 valence electrons. The number of carbonyl (C=O) groups excluding carboxylic acids is 2. The Balaban J connectivity index is 3.89. The smallest absolute Gasteiger partial charge is 0.462 e. The number of allylic oxidation sites excluding steroid dienone is 2. The Morgan fingerprint density at radius 1 is 0.423 bits per heavy atom. The van der Waals surface area contributed by atoms with Crippen LogP contribution in [-0.2, 0) is 32.7 Å². The van der Waals surface area contributed by atoms with E-state index in [9.17, 15) is 19.0 Å². The second kappa shape index (κ2) is 53.6. The van der Waals surface area contributed by atoms with Crippen LogP contribution in [0.3, 0.4) is 0 Å². The molecule has 1 N–H and O–H groups in total. The van der Waals surface area contributed by atoms with E-state index in [4.69, 9.17) is 18.5 Å². The van der Waals surface area contributed by atoms with Crippen molar-refractivity contribution in [3.63, 3.8) is 0 Å². The van der Waals surface area contributed by atoms with E-state index < -0.39 is 26.5 Å². The molecule has 9 nitrogen and oxygen atoms in total. The Kier molecular flexibility index (Phi) is 52.6. The average molecular weight is 1030 g/mol. The predicted octanol–water partition coefficient (Wildman–Crippen LogP) is 19.2. The summed E-state index contributed by atoms with van der Waals surface area (Å²) in [7, 11) is 1.49. The first-order valence-electron chi connectivity index (χ1n) is 30.9. The molecular weight excluding hydrogens is 906 g/mol. The van der Waals surface area contributed by atoms with Crippen molar-refractivity contribution in [2.75, 3.05) is 47.5 Å². The maximum Gasteiger partial charge on any atom is 0.472 e. The summed E-state index contributed by atoms with van der Waals surface area (Å²) in [5.74, 6) is -0.791. The standard InChI is InChI=1S/C61H120NO8P/c1-6-8-10-12-14-16-18-20-21-22-23-24-25-26-27-28-29-30-31-32-33-34-35-36-37-38-39-40-42-43-45-47-49-51-53-60(63)67-57-59(58-69-71(65,66)68-56-55-62(3,4)5)70-61(64)54-52-50-48-46-44-41-19-17-15-13-11-9-7-2/h17,19,59H,6-16,18,20-58H2,1-5H3/p+1/b19-17-. The first-order valence-corrected chi connectivity index (χ1v) is 32.4. The summed E-state index contributed by atoms with van der Waals surface area (Å²) in [6.07, 6.45) is 63.2. The van der Waals surface area contributed by atoms with Gasteiger partial charge in [-0.15, -0.1) is 0 Å². The van der Waals surface area contributed by atoms with Gasteiger partial charge in [-0.25, -0.2) is 4.57 Å². The molecule has 0 bridgehead atoms. The summed E-state index contributed by atoms with van der Waals surface area (Å²) in [6.45, 7) is 4.46. The molecule has 0 aromatic rings. The third-order valence-corrected chi connectivity index (χ3v) is 15.0. The van der Waals surface area contributed by atoms with Gasteiger partial charge in [0.15, 0.2) is 6.10 Å². The third kappa shape index (κ3) is 57.9. The molecule has 2 unspecified atom stereocenters. The molecule has 0 rings (SSSR count). The van der Waals surface area contributed by atoms with Crippen molar-refractivity contribution in [1.29, 1.82) is 0 Å². The van der Waals surface area contributed by atoms with Crippen LogP contribution in [-0.4, -0.2) is 74.9 Å². The van der Waals surface area contributed by atoms with Crippen LogP contribution in [0.4, 0.5) is 0 Å². The number of hydrogen-bond donors (Lipinski definition) is 1. The molecule has 0 amide bonds. The lowest BCUT2D eigenvalue weighted by Gasteiger charge is -2.24. The van der Waals surface area contributed by atoms with Crippen molar-refractivity contribution in [3.8, 4) is 0 Å². The number of carbonyl (C=O) groups is 2. The molecular formula is C61H121NO8P+. The van der Waals surface area contributed by atoms with E-state index in [0.717, 1.165) is 51.4 Å². The molecule has 2 atom stereocenters. The van der Waals surface area contributed by atoms with Gasteiger partial charge in [-0.05, 0) is 38.5 Å². The molecule has 71 heavy (non-hydrogen) atoms. The van der Waals surface area contributed by atoms with E-state index in [-0.39, 0.29) is 25.6 Å². The Morgan fingerprint density at radius 2 is 0.718 bits per heavy atom. The van der Waals surface area contributed by atoms with E-state index in [2.05, 4.69) is 26.0 Å². The van der Waals surface area contributed by atoms with Crippen LogP contribution in [0, 0.1) is 0 Å². The van der Waals surface area contributed by atoms with Crippen LogP contribution in [0.15, 0.2) is 12.2 Å². The highest BCUT2D eigenvalue weighted by Crippen LogP contribution is 2.43. The first kappa shape index (κ1) is 69.8. The lowest BCUT2D eigenvalue weighted by Crippen LogP contribution is -2.37.